The molecule has 4 heteroatoms. The molecule has 0 spiro atoms. The van der Waals surface area contributed by atoms with Crippen LogP contribution in [-0.2, 0) is 4.79 Å². The lowest BCUT2D eigenvalue weighted by Gasteiger charge is -2.25. The van der Waals surface area contributed by atoms with Crippen molar-refractivity contribution in [2.75, 3.05) is 6.61 Å². The normalized spacial score (nSPS) is 20.4. The molecule has 1 saturated carbocycles. The average molecular weight is 224 g/mol. The SMILES string of the molecule is CC(C)[C@@H](CO)NC(=O)C1(C#N)CCCC1. The summed E-state index contributed by atoms with van der Waals surface area (Å²) in [6.45, 7) is 3.80. The van der Waals surface area contributed by atoms with Gasteiger partial charge in [0.25, 0.3) is 0 Å². The summed E-state index contributed by atoms with van der Waals surface area (Å²) in [7, 11) is 0. The number of aliphatic hydroxyl groups excluding tert-OH is 1. The van der Waals surface area contributed by atoms with Crippen LogP contribution in [0.4, 0.5) is 0 Å². The van der Waals surface area contributed by atoms with Crippen molar-refractivity contribution in [3.8, 4) is 6.07 Å². The highest BCUT2D eigenvalue weighted by Gasteiger charge is 2.42. The van der Waals surface area contributed by atoms with Crippen molar-refractivity contribution in [1.29, 1.82) is 5.26 Å². The number of nitrogens with one attached hydrogen (secondary N) is 1. The fraction of sp³-hybridized carbons (Fsp3) is 0.833. The Kier molecular flexibility index (Phi) is 4.31. The first-order valence-corrected chi connectivity index (χ1v) is 5.89. The van der Waals surface area contributed by atoms with Gasteiger partial charge >= 0.3 is 0 Å². The zero-order valence-electron chi connectivity index (χ0n) is 9.99. The first-order valence-electron chi connectivity index (χ1n) is 5.89. The van der Waals surface area contributed by atoms with Crippen LogP contribution in [0, 0.1) is 22.7 Å². The molecule has 0 aromatic carbocycles. The zero-order valence-corrected chi connectivity index (χ0v) is 9.99. The number of hydrogen-bond acceptors (Lipinski definition) is 3. The van der Waals surface area contributed by atoms with Crippen LogP contribution in [0.3, 0.4) is 0 Å². The molecular weight excluding hydrogens is 204 g/mol. The van der Waals surface area contributed by atoms with Gasteiger partial charge in [0.2, 0.25) is 5.91 Å². The smallest absolute Gasteiger partial charge is 0.240 e. The summed E-state index contributed by atoms with van der Waals surface area (Å²) in [4.78, 5) is 12.0. The molecule has 90 valence electrons. The number of carbonyl (C=O) groups is 1. The van der Waals surface area contributed by atoms with Crippen molar-refractivity contribution in [2.45, 2.75) is 45.6 Å². The maximum Gasteiger partial charge on any atom is 0.240 e. The van der Waals surface area contributed by atoms with Crippen molar-refractivity contribution in [2.24, 2.45) is 11.3 Å². The molecule has 0 heterocycles. The number of nitrogens with zero attached hydrogens (tertiary/aromatic N) is 1. The molecule has 0 saturated heterocycles. The average Bonchev–Trinajstić information content (AvgIpc) is 2.74. The van der Waals surface area contributed by atoms with E-state index in [9.17, 15) is 4.79 Å². The third-order valence-electron chi connectivity index (χ3n) is 3.42. The van der Waals surface area contributed by atoms with Gasteiger partial charge in [-0.2, -0.15) is 5.26 Å². The molecule has 1 aliphatic rings. The number of rotatable bonds is 4. The number of nitriles is 1. The van der Waals surface area contributed by atoms with E-state index in [-0.39, 0.29) is 24.5 Å². The minimum absolute atomic E-state index is 0.0785. The van der Waals surface area contributed by atoms with Gasteiger partial charge in [-0.25, -0.2) is 0 Å². The van der Waals surface area contributed by atoms with Gasteiger partial charge in [0.15, 0.2) is 0 Å². The second-order valence-electron chi connectivity index (χ2n) is 4.91. The van der Waals surface area contributed by atoms with Crippen LogP contribution in [0.2, 0.25) is 0 Å². The minimum atomic E-state index is -0.845. The standard InChI is InChI=1S/C12H20N2O2/c1-9(2)10(7-15)14-11(16)12(8-13)5-3-4-6-12/h9-10,15H,3-7H2,1-2H3,(H,14,16)/t10-/m1/s1. The summed E-state index contributed by atoms with van der Waals surface area (Å²) in [5.74, 6) is -0.0358. The zero-order chi connectivity index (χ0) is 12.2. The highest BCUT2D eigenvalue weighted by molar-refractivity contribution is 5.86. The van der Waals surface area contributed by atoms with Crippen molar-refractivity contribution in [1.82, 2.24) is 5.32 Å². The molecule has 1 fully saturated rings. The maximum atomic E-state index is 12.0. The Morgan fingerprint density at radius 1 is 1.50 bits per heavy atom. The van der Waals surface area contributed by atoms with E-state index in [4.69, 9.17) is 10.4 Å². The lowest BCUT2D eigenvalue weighted by Crippen LogP contribution is -2.47. The lowest BCUT2D eigenvalue weighted by molar-refractivity contribution is -0.129. The van der Waals surface area contributed by atoms with E-state index in [1.807, 2.05) is 13.8 Å². The van der Waals surface area contributed by atoms with Crippen molar-refractivity contribution in [3.05, 3.63) is 0 Å². The van der Waals surface area contributed by atoms with Gasteiger partial charge in [0.1, 0.15) is 5.41 Å². The van der Waals surface area contributed by atoms with Gasteiger partial charge in [-0.1, -0.05) is 26.7 Å². The molecule has 0 aromatic rings. The second-order valence-corrected chi connectivity index (χ2v) is 4.91. The summed E-state index contributed by atoms with van der Waals surface area (Å²) in [5.41, 5.74) is -0.845. The highest BCUT2D eigenvalue weighted by atomic mass is 16.3. The summed E-state index contributed by atoms with van der Waals surface area (Å²) in [6.07, 6.45) is 3.16. The van der Waals surface area contributed by atoms with E-state index in [2.05, 4.69) is 11.4 Å². The number of amides is 1. The van der Waals surface area contributed by atoms with Crippen LogP contribution >= 0.6 is 0 Å². The number of aliphatic hydroxyl groups is 1. The first kappa shape index (κ1) is 13.0. The van der Waals surface area contributed by atoms with Crippen LogP contribution in [0.15, 0.2) is 0 Å². The van der Waals surface area contributed by atoms with E-state index in [1.54, 1.807) is 0 Å². The van der Waals surface area contributed by atoms with E-state index in [1.165, 1.54) is 0 Å². The predicted molar refractivity (Wildman–Crippen MR) is 60.4 cm³/mol. The minimum Gasteiger partial charge on any atom is -0.394 e. The van der Waals surface area contributed by atoms with Gasteiger partial charge in [-0.05, 0) is 18.8 Å². The fourth-order valence-corrected chi connectivity index (χ4v) is 2.10. The molecule has 1 rings (SSSR count). The molecule has 1 atom stereocenters. The van der Waals surface area contributed by atoms with Crippen LogP contribution in [0.1, 0.15) is 39.5 Å². The van der Waals surface area contributed by atoms with Gasteiger partial charge in [0.05, 0.1) is 18.7 Å². The maximum absolute atomic E-state index is 12.0. The molecule has 2 N–H and O–H groups in total. The van der Waals surface area contributed by atoms with Gasteiger partial charge in [-0.3, -0.25) is 4.79 Å². The topological polar surface area (TPSA) is 73.1 Å². The van der Waals surface area contributed by atoms with Gasteiger partial charge in [0, 0.05) is 0 Å². The Morgan fingerprint density at radius 2 is 2.06 bits per heavy atom. The van der Waals surface area contributed by atoms with Crippen molar-refractivity contribution in [3.63, 3.8) is 0 Å². The Bertz CT molecular complexity index is 288. The monoisotopic (exact) mass is 224 g/mol. The molecule has 0 aliphatic heterocycles. The summed E-state index contributed by atoms with van der Waals surface area (Å²) in [5, 5.41) is 21.1. The van der Waals surface area contributed by atoms with E-state index in [0.29, 0.717) is 12.8 Å². The number of carbonyl (C=O) groups excluding carboxylic acids is 1. The summed E-state index contributed by atoms with van der Waals surface area (Å²) < 4.78 is 0. The molecule has 4 nitrogen and oxygen atoms in total. The molecule has 1 amide bonds. The van der Waals surface area contributed by atoms with Crippen LogP contribution in [0.25, 0.3) is 0 Å². The largest absolute Gasteiger partial charge is 0.394 e. The molecule has 16 heavy (non-hydrogen) atoms. The number of hydrogen-bond donors (Lipinski definition) is 2. The van der Waals surface area contributed by atoms with E-state index < -0.39 is 5.41 Å². The Morgan fingerprint density at radius 3 is 2.44 bits per heavy atom. The Labute approximate surface area is 96.6 Å². The third-order valence-corrected chi connectivity index (χ3v) is 3.42. The van der Waals surface area contributed by atoms with E-state index >= 15 is 0 Å². The lowest BCUT2D eigenvalue weighted by atomic mass is 9.86. The van der Waals surface area contributed by atoms with Crippen molar-refractivity contribution >= 4 is 5.91 Å². The summed E-state index contributed by atoms with van der Waals surface area (Å²) >= 11 is 0. The fourth-order valence-electron chi connectivity index (χ4n) is 2.10. The van der Waals surface area contributed by atoms with Crippen LogP contribution in [0.5, 0.6) is 0 Å². The quantitative estimate of drug-likeness (QED) is 0.753. The predicted octanol–water partition coefficient (Wildman–Crippen LogP) is 1.20. The third kappa shape index (κ3) is 2.53. The Balaban J connectivity index is 2.67. The molecule has 0 aromatic heterocycles. The molecular formula is C12H20N2O2. The second kappa shape index (κ2) is 5.31. The summed E-state index contributed by atoms with van der Waals surface area (Å²) in [6, 6.07) is 1.90. The highest BCUT2D eigenvalue weighted by Crippen LogP contribution is 2.37. The molecule has 0 radical (unpaired) electrons. The van der Waals surface area contributed by atoms with E-state index in [0.717, 1.165) is 12.8 Å². The molecule has 0 bridgehead atoms. The first-order chi connectivity index (χ1) is 7.55. The molecule has 1 aliphatic carbocycles. The van der Waals surface area contributed by atoms with Crippen molar-refractivity contribution < 1.29 is 9.90 Å². The van der Waals surface area contributed by atoms with Crippen LogP contribution < -0.4 is 5.32 Å². The molecule has 0 unspecified atom stereocenters. The van der Waals surface area contributed by atoms with Crippen LogP contribution in [-0.4, -0.2) is 23.7 Å². The Hall–Kier alpha value is -1.08. The van der Waals surface area contributed by atoms with Gasteiger partial charge in [-0.15, -0.1) is 0 Å². The van der Waals surface area contributed by atoms with Gasteiger partial charge < -0.3 is 10.4 Å².